The van der Waals surface area contributed by atoms with Crippen molar-refractivity contribution in [1.29, 1.82) is 0 Å². The third kappa shape index (κ3) is 9.93. The third-order valence-electron chi connectivity index (χ3n) is 9.82. The molecule has 2 fully saturated rings. The standard InChI is InChI=1S/C39H54N6O4S/c1-4-33(31-9-7-6-8-10-31)42-35-27-32(12-11-28(35)3)38(47)44-19-13-29(14-20-44)30-15-21-45(22-16-30)39-43-34(5-2)36(50-39)37(46)41-18-24-49-26-25-48-23-17-40/h4,6-12,27,29-30,42H,5,13-26,40H2,1-3H3,(H,41,46)/b33-4+. The number of ether oxygens (including phenoxy) is 2. The molecule has 11 heteroatoms. The molecule has 3 heterocycles. The summed E-state index contributed by atoms with van der Waals surface area (Å²) in [6, 6.07) is 16.2. The van der Waals surface area contributed by atoms with Gasteiger partial charge in [0, 0.05) is 56.2 Å². The van der Waals surface area contributed by atoms with Crippen molar-refractivity contribution in [2.45, 2.75) is 52.9 Å². The summed E-state index contributed by atoms with van der Waals surface area (Å²) in [5, 5.41) is 7.48. The van der Waals surface area contributed by atoms with Crippen LogP contribution in [0.25, 0.3) is 5.70 Å². The molecule has 0 bridgehead atoms. The van der Waals surface area contributed by atoms with Crippen molar-refractivity contribution >= 4 is 39.7 Å². The Morgan fingerprint density at radius 3 is 2.28 bits per heavy atom. The molecule has 2 amide bonds. The van der Waals surface area contributed by atoms with Crippen LogP contribution in [0, 0.1) is 18.8 Å². The topological polar surface area (TPSA) is 122 Å². The number of nitrogens with one attached hydrogen (secondary N) is 2. The average molecular weight is 703 g/mol. The first-order valence-corrected chi connectivity index (χ1v) is 19.0. The molecular formula is C39H54N6O4S. The molecule has 0 radical (unpaired) electrons. The van der Waals surface area contributed by atoms with Crippen LogP contribution in [0.1, 0.15) is 76.4 Å². The molecule has 0 spiro atoms. The number of allylic oxidation sites excluding steroid dienone is 1. The summed E-state index contributed by atoms with van der Waals surface area (Å²) in [6.07, 6.45) is 7.07. The normalized spacial score (nSPS) is 16.1. The third-order valence-corrected chi connectivity index (χ3v) is 11.0. The van der Waals surface area contributed by atoms with E-state index in [1.807, 2.05) is 55.1 Å². The number of rotatable bonds is 16. The molecular weight excluding hydrogens is 649 g/mol. The van der Waals surface area contributed by atoms with Crippen LogP contribution in [0.4, 0.5) is 10.8 Å². The van der Waals surface area contributed by atoms with Crippen molar-refractivity contribution < 1.29 is 19.1 Å². The Morgan fingerprint density at radius 2 is 1.62 bits per heavy atom. The van der Waals surface area contributed by atoms with Crippen molar-refractivity contribution in [3.05, 3.63) is 81.9 Å². The number of thiazole rings is 1. The molecule has 2 aliphatic heterocycles. The largest absolute Gasteiger partial charge is 0.378 e. The summed E-state index contributed by atoms with van der Waals surface area (Å²) in [5.74, 6) is 1.29. The van der Waals surface area contributed by atoms with Crippen LogP contribution in [0.3, 0.4) is 0 Å². The molecule has 10 nitrogen and oxygen atoms in total. The van der Waals surface area contributed by atoms with Crippen LogP contribution in [0.5, 0.6) is 0 Å². The first-order valence-electron chi connectivity index (χ1n) is 18.2. The lowest BCUT2D eigenvalue weighted by molar-refractivity contribution is 0.0511. The fraction of sp³-hybridized carbons (Fsp3) is 0.513. The molecule has 0 aliphatic carbocycles. The van der Waals surface area contributed by atoms with Gasteiger partial charge in [0.1, 0.15) is 4.88 Å². The van der Waals surface area contributed by atoms with E-state index in [4.69, 9.17) is 20.2 Å². The van der Waals surface area contributed by atoms with Gasteiger partial charge in [0.15, 0.2) is 5.13 Å². The molecule has 0 saturated carbocycles. The second-order valence-electron chi connectivity index (χ2n) is 13.1. The van der Waals surface area contributed by atoms with Crippen LogP contribution < -0.4 is 21.3 Å². The molecule has 0 atom stereocenters. The van der Waals surface area contributed by atoms with E-state index in [0.29, 0.717) is 62.7 Å². The van der Waals surface area contributed by atoms with E-state index in [0.717, 1.165) is 90.8 Å². The van der Waals surface area contributed by atoms with Crippen LogP contribution >= 0.6 is 11.3 Å². The van der Waals surface area contributed by atoms with Gasteiger partial charge in [0.25, 0.3) is 11.8 Å². The van der Waals surface area contributed by atoms with Gasteiger partial charge in [-0.25, -0.2) is 4.98 Å². The number of hydrogen-bond acceptors (Lipinski definition) is 9. The maximum absolute atomic E-state index is 13.6. The summed E-state index contributed by atoms with van der Waals surface area (Å²) in [5.41, 5.74) is 11.2. The summed E-state index contributed by atoms with van der Waals surface area (Å²) >= 11 is 1.50. The highest BCUT2D eigenvalue weighted by atomic mass is 32.1. The van der Waals surface area contributed by atoms with Gasteiger partial charge in [-0.2, -0.15) is 0 Å². The highest BCUT2D eigenvalue weighted by Gasteiger charge is 2.32. The Morgan fingerprint density at radius 1 is 0.940 bits per heavy atom. The van der Waals surface area contributed by atoms with E-state index >= 15 is 0 Å². The minimum atomic E-state index is -0.0855. The summed E-state index contributed by atoms with van der Waals surface area (Å²) in [7, 11) is 0. The number of amides is 2. The Balaban J connectivity index is 1.07. The minimum absolute atomic E-state index is 0.0855. The van der Waals surface area contributed by atoms with Gasteiger partial charge in [0.2, 0.25) is 0 Å². The van der Waals surface area contributed by atoms with E-state index in [1.54, 1.807) is 0 Å². The fourth-order valence-electron chi connectivity index (χ4n) is 6.90. The number of aryl methyl sites for hydroxylation is 2. The number of nitrogens with two attached hydrogens (primary N) is 1. The second kappa shape index (κ2) is 19.0. The van der Waals surface area contributed by atoms with Crippen LogP contribution in [-0.4, -0.2) is 87.4 Å². The molecule has 5 rings (SSSR count). The van der Waals surface area contributed by atoms with Crippen molar-refractivity contribution in [3.63, 3.8) is 0 Å². The van der Waals surface area contributed by atoms with Gasteiger partial charge in [-0.15, -0.1) is 0 Å². The second-order valence-corrected chi connectivity index (χ2v) is 14.0. The molecule has 1 aromatic heterocycles. The van der Waals surface area contributed by atoms with Crippen molar-refractivity contribution in [3.8, 4) is 0 Å². The highest BCUT2D eigenvalue weighted by Crippen LogP contribution is 2.36. The number of benzene rings is 2. The number of likely N-dealkylation sites (tertiary alicyclic amines) is 1. The lowest BCUT2D eigenvalue weighted by atomic mass is 9.79. The first-order chi connectivity index (χ1) is 24.4. The number of aromatic nitrogens is 1. The van der Waals surface area contributed by atoms with Gasteiger partial charge in [-0.05, 0) is 81.0 Å². The Kier molecular flexibility index (Phi) is 14.2. The molecule has 0 unspecified atom stereocenters. The van der Waals surface area contributed by atoms with Crippen LogP contribution in [0.15, 0.2) is 54.6 Å². The molecule has 270 valence electrons. The van der Waals surface area contributed by atoms with Crippen LogP contribution in [-0.2, 0) is 15.9 Å². The quantitative estimate of drug-likeness (QED) is 0.156. The maximum Gasteiger partial charge on any atom is 0.263 e. The average Bonchev–Trinajstić information content (AvgIpc) is 3.60. The number of nitrogens with zero attached hydrogens (tertiary/aromatic N) is 3. The lowest BCUT2D eigenvalue weighted by Crippen LogP contribution is -2.42. The number of anilines is 2. The lowest BCUT2D eigenvalue weighted by Gasteiger charge is -2.40. The zero-order valence-corrected chi connectivity index (χ0v) is 30.7. The monoisotopic (exact) mass is 702 g/mol. The number of hydrogen-bond donors (Lipinski definition) is 3. The Labute approximate surface area is 301 Å². The van der Waals surface area contributed by atoms with E-state index in [9.17, 15) is 9.59 Å². The molecule has 3 aromatic rings. The van der Waals surface area contributed by atoms with Crippen LogP contribution in [0.2, 0.25) is 0 Å². The van der Waals surface area contributed by atoms with Crippen molar-refractivity contribution in [2.75, 3.05) is 75.9 Å². The van der Waals surface area contributed by atoms with Crippen molar-refractivity contribution in [2.24, 2.45) is 17.6 Å². The van der Waals surface area contributed by atoms with E-state index < -0.39 is 0 Å². The predicted molar refractivity (Wildman–Crippen MR) is 203 cm³/mol. The van der Waals surface area contributed by atoms with E-state index in [-0.39, 0.29) is 11.8 Å². The minimum Gasteiger partial charge on any atom is -0.378 e. The SMILES string of the molecule is C/C=C(/Nc1cc(C(=O)N2CCC(C3CCN(c4nc(CC)c(C(=O)NCCOCCOCCN)s4)CC3)CC2)ccc1C)c1ccccc1. The van der Waals surface area contributed by atoms with Crippen molar-refractivity contribution in [1.82, 2.24) is 15.2 Å². The number of piperidine rings is 2. The highest BCUT2D eigenvalue weighted by molar-refractivity contribution is 7.17. The summed E-state index contributed by atoms with van der Waals surface area (Å²) in [6.45, 7) is 12.5. The Bertz CT molecular complexity index is 1560. The number of carbonyl (C=O) groups is 2. The summed E-state index contributed by atoms with van der Waals surface area (Å²) < 4.78 is 10.8. The van der Waals surface area contributed by atoms with E-state index in [1.165, 1.54) is 11.3 Å². The molecule has 2 aliphatic rings. The maximum atomic E-state index is 13.6. The molecule has 50 heavy (non-hydrogen) atoms. The van der Waals surface area contributed by atoms with Gasteiger partial charge >= 0.3 is 0 Å². The first kappa shape index (κ1) is 37.5. The Hall–Kier alpha value is -3.77. The molecule has 2 aromatic carbocycles. The smallest absolute Gasteiger partial charge is 0.263 e. The molecule has 4 N–H and O–H groups in total. The predicted octanol–water partition coefficient (Wildman–Crippen LogP) is 5.98. The van der Waals surface area contributed by atoms with Gasteiger partial charge in [0.05, 0.1) is 32.1 Å². The summed E-state index contributed by atoms with van der Waals surface area (Å²) in [4.78, 5) is 36.6. The zero-order valence-electron chi connectivity index (χ0n) is 29.9. The number of carbonyl (C=O) groups excluding carboxylic acids is 2. The van der Waals surface area contributed by atoms with Gasteiger partial charge in [-0.3, -0.25) is 9.59 Å². The van der Waals surface area contributed by atoms with Gasteiger partial charge < -0.3 is 35.6 Å². The van der Waals surface area contributed by atoms with Gasteiger partial charge in [-0.1, -0.05) is 60.7 Å². The zero-order chi connectivity index (χ0) is 35.3. The molecule has 2 saturated heterocycles. The fourth-order valence-corrected chi connectivity index (χ4v) is 8.02. The van der Waals surface area contributed by atoms with E-state index in [2.05, 4.69) is 40.7 Å².